The quantitative estimate of drug-likeness (QED) is 0.800. The number of hydrogen-bond acceptors (Lipinski definition) is 6. The third-order valence-corrected chi connectivity index (χ3v) is 5.25. The monoisotopic (exact) mass is 428 g/mol. The second kappa shape index (κ2) is 9.00. The van der Waals surface area contributed by atoms with Crippen LogP contribution in [0.25, 0.3) is 0 Å². The number of hydrogen-bond donors (Lipinski definition) is 1. The van der Waals surface area contributed by atoms with Gasteiger partial charge in [0.2, 0.25) is 0 Å². The number of carbonyl (C=O) groups is 1. The van der Waals surface area contributed by atoms with Gasteiger partial charge in [0.1, 0.15) is 18.4 Å². The molecular weight excluding hydrogens is 405 g/mol. The normalized spacial score (nSPS) is 23.9. The number of rotatable bonds is 4. The van der Waals surface area contributed by atoms with Crippen molar-refractivity contribution in [3.05, 3.63) is 42.5 Å². The van der Waals surface area contributed by atoms with Crippen molar-refractivity contribution in [1.29, 1.82) is 0 Å². The number of carboxylic acid groups (broad SMARTS) is 1. The van der Waals surface area contributed by atoms with E-state index in [1.165, 1.54) is 5.56 Å². The van der Waals surface area contributed by atoms with Gasteiger partial charge in [-0.25, -0.2) is 4.79 Å². The van der Waals surface area contributed by atoms with Crippen LogP contribution in [0.2, 0.25) is 0 Å². The first kappa shape index (κ1) is 22.0. The van der Waals surface area contributed by atoms with E-state index < -0.39 is 12.1 Å². The summed E-state index contributed by atoms with van der Waals surface area (Å²) >= 11 is 0. The van der Waals surface area contributed by atoms with Crippen LogP contribution in [-0.4, -0.2) is 69.3 Å². The maximum Gasteiger partial charge on any atom is 0.490 e. The highest BCUT2D eigenvalue weighted by molar-refractivity contribution is 5.73. The molecule has 1 aromatic carbocycles. The molecule has 0 saturated carbocycles. The maximum atomic E-state index is 10.6. The number of likely N-dealkylation sites (tertiary alicyclic amines) is 1. The van der Waals surface area contributed by atoms with Crippen molar-refractivity contribution in [3.63, 3.8) is 0 Å². The number of nitrogens with zero attached hydrogens (tertiary/aromatic N) is 4. The highest BCUT2D eigenvalue weighted by Gasteiger charge is 2.45. The van der Waals surface area contributed by atoms with Gasteiger partial charge < -0.3 is 19.1 Å². The van der Waals surface area contributed by atoms with Crippen molar-refractivity contribution in [2.24, 2.45) is 0 Å². The van der Waals surface area contributed by atoms with Gasteiger partial charge in [0.15, 0.2) is 0 Å². The summed E-state index contributed by atoms with van der Waals surface area (Å²) in [6.45, 7) is 3.80. The summed E-state index contributed by atoms with van der Waals surface area (Å²) in [6, 6.07) is 8.69. The van der Waals surface area contributed by atoms with Crippen LogP contribution < -0.4 is 4.74 Å². The van der Waals surface area contributed by atoms with E-state index in [0.717, 1.165) is 44.8 Å². The molecule has 0 amide bonds. The zero-order valence-electron chi connectivity index (χ0n) is 16.4. The Morgan fingerprint density at radius 2 is 1.93 bits per heavy atom. The number of aliphatic carboxylic acids is 1. The molecule has 3 heterocycles. The van der Waals surface area contributed by atoms with Crippen LogP contribution in [0.1, 0.15) is 24.4 Å². The van der Waals surface area contributed by atoms with Gasteiger partial charge in [-0.05, 0) is 24.1 Å². The van der Waals surface area contributed by atoms with Crippen LogP contribution in [0.5, 0.6) is 5.75 Å². The molecule has 2 aliphatic heterocycles. The molecule has 0 aliphatic carbocycles. The Morgan fingerprint density at radius 3 is 2.50 bits per heavy atom. The third-order valence-electron chi connectivity index (χ3n) is 5.25. The van der Waals surface area contributed by atoms with Crippen molar-refractivity contribution in [2.75, 3.05) is 26.8 Å². The van der Waals surface area contributed by atoms with Crippen LogP contribution in [0, 0.1) is 0 Å². The molecule has 11 heteroatoms. The first-order valence-corrected chi connectivity index (χ1v) is 9.34. The van der Waals surface area contributed by atoms with E-state index in [-0.39, 0.29) is 5.60 Å². The van der Waals surface area contributed by atoms with E-state index in [2.05, 4.69) is 31.8 Å². The number of aromatic nitrogens is 3. The largest absolute Gasteiger partial charge is 0.497 e. The average molecular weight is 428 g/mol. The van der Waals surface area contributed by atoms with Crippen LogP contribution >= 0.6 is 0 Å². The van der Waals surface area contributed by atoms with Gasteiger partial charge in [0, 0.05) is 26.1 Å². The number of halogens is 3. The van der Waals surface area contributed by atoms with Crippen molar-refractivity contribution < 1.29 is 32.5 Å². The second-order valence-electron chi connectivity index (χ2n) is 7.37. The molecule has 1 N–H and O–H groups in total. The molecule has 4 rings (SSSR count). The van der Waals surface area contributed by atoms with Crippen LogP contribution in [0.3, 0.4) is 0 Å². The molecule has 0 bridgehead atoms. The minimum atomic E-state index is -5.08. The molecule has 8 nitrogen and oxygen atoms in total. The number of alkyl halides is 3. The minimum Gasteiger partial charge on any atom is -0.497 e. The lowest BCUT2D eigenvalue weighted by atomic mass is 9.97. The predicted octanol–water partition coefficient (Wildman–Crippen LogP) is 2.53. The highest BCUT2D eigenvalue weighted by Crippen LogP contribution is 2.40. The standard InChI is InChI=1S/C17H22N4O2.C2HF3O2/c1-22-16-4-2-14(3-5-16)9-20-7-6-17(11-20)8-15(10-23-17)21-12-18-19-13-21;3-2(4,5)1(6)7/h2-5,12-13,15H,6-11H2,1H3;(H,6,7). The fourth-order valence-electron chi connectivity index (χ4n) is 3.75. The van der Waals surface area contributed by atoms with Gasteiger partial charge in [-0.1, -0.05) is 12.1 Å². The van der Waals surface area contributed by atoms with E-state index in [9.17, 15) is 13.2 Å². The second-order valence-corrected chi connectivity index (χ2v) is 7.37. The molecule has 1 aromatic heterocycles. The summed E-state index contributed by atoms with van der Waals surface area (Å²) in [5, 5.41) is 14.9. The summed E-state index contributed by atoms with van der Waals surface area (Å²) in [7, 11) is 1.70. The Hall–Kier alpha value is -2.66. The molecule has 0 radical (unpaired) electrons. The van der Waals surface area contributed by atoms with Crippen molar-refractivity contribution >= 4 is 5.97 Å². The van der Waals surface area contributed by atoms with Gasteiger partial charge >= 0.3 is 12.1 Å². The molecule has 164 valence electrons. The summed E-state index contributed by atoms with van der Waals surface area (Å²) in [4.78, 5) is 11.4. The predicted molar refractivity (Wildman–Crippen MR) is 98.9 cm³/mol. The molecule has 2 fully saturated rings. The van der Waals surface area contributed by atoms with E-state index >= 15 is 0 Å². The lowest BCUT2D eigenvalue weighted by Crippen LogP contribution is -2.32. The molecule has 2 aliphatic rings. The summed E-state index contributed by atoms with van der Waals surface area (Å²) in [5.74, 6) is -1.85. The number of ether oxygens (including phenoxy) is 2. The van der Waals surface area contributed by atoms with Gasteiger partial charge in [0.25, 0.3) is 0 Å². The molecular formula is C19H23F3N4O4. The van der Waals surface area contributed by atoms with Crippen LogP contribution in [0.15, 0.2) is 36.9 Å². The summed E-state index contributed by atoms with van der Waals surface area (Å²) in [5.41, 5.74) is 1.32. The molecule has 2 saturated heterocycles. The van der Waals surface area contributed by atoms with E-state index in [0.29, 0.717) is 6.04 Å². The van der Waals surface area contributed by atoms with E-state index in [1.54, 1.807) is 19.8 Å². The number of benzene rings is 1. The van der Waals surface area contributed by atoms with Crippen molar-refractivity contribution in [1.82, 2.24) is 19.7 Å². The van der Waals surface area contributed by atoms with Gasteiger partial charge in [-0.3, -0.25) is 4.90 Å². The Labute approximate surface area is 171 Å². The molecule has 2 atom stereocenters. The molecule has 1 spiro atoms. The van der Waals surface area contributed by atoms with Crippen molar-refractivity contribution in [3.8, 4) is 5.75 Å². The Bertz CT molecular complexity index is 829. The Balaban J connectivity index is 0.000000318. The fourth-order valence-corrected chi connectivity index (χ4v) is 3.75. The summed E-state index contributed by atoms with van der Waals surface area (Å²) in [6.07, 6.45) is 0.639. The zero-order valence-corrected chi connectivity index (χ0v) is 16.4. The first-order chi connectivity index (χ1) is 14.2. The van der Waals surface area contributed by atoms with Gasteiger partial charge in [-0.2, -0.15) is 13.2 Å². The first-order valence-electron chi connectivity index (χ1n) is 9.34. The fraction of sp³-hybridized carbons (Fsp3) is 0.526. The summed E-state index contributed by atoms with van der Waals surface area (Å²) < 4.78 is 45.2. The minimum absolute atomic E-state index is 0.00140. The highest BCUT2D eigenvalue weighted by atomic mass is 19.4. The number of carboxylic acids is 1. The lowest BCUT2D eigenvalue weighted by molar-refractivity contribution is -0.192. The third kappa shape index (κ3) is 5.48. The van der Waals surface area contributed by atoms with E-state index in [1.807, 2.05) is 12.1 Å². The van der Waals surface area contributed by atoms with Gasteiger partial charge in [0.05, 0.1) is 25.4 Å². The smallest absolute Gasteiger partial charge is 0.490 e. The number of methoxy groups -OCH3 is 1. The van der Waals surface area contributed by atoms with Gasteiger partial charge in [-0.15, -0.1) is 10.2 Å². The molecule has 30 heavy (non-hydrogen) atoms. The Kier molecular flexibility index (Phi) is 6.61. The average Bonchev–Trinajstić information content (AvgIpc) is 3.45. The van der Waals surface area contributed by atoms with Crippen LogP contribution in [-0.2, 0) is 16.1 Å². The maximum absolute atomic E-state index is 10.6. The topological polar surface area (TPSA) is 89.7 Å². The Morgan fingerprint density at radius 1 is 1.30 bits per heavy atom. The SMILES string of the molecule is COc1ccc(CN2CCC3(CC(n4cnnc4)CO3)C2)cc1.O=C(O)C(F)(F)F. The lowest BCUT2D eigenvalue weighted by Gasteiger charge is -2.23. The van der Waals surface area contributed by atoms with E-state index in [4.69, 9.17) is 19.4 Å². The zero-order chi connectivity index (χ0) is 21.8. The van der Waals surface area contributed by atoms with Crippen LogP contribution in [0.4, 0.5) is 13.2 Å². The molecule has 2 unspecified atom stereocenters. The molecule has 2 aromatic rings. The van der Waals surface area contributed by atoms with Crippen molar-refractivity contribution in [2.45, 2.75) is 37.2 Å².